The maximum atomic E-state index is 12.3. The third-order valence-corrected chi connectivity index (χ3v) is 5.90. The molecule has 2 unspecified atom stereocenters. The Bertz CT molecular complexity index is 645. The lowest BCUT2D eigenvalue weighted by Gasteiger charge is -2.34. The molecule has 1 fully saturated rings. The second-order valence-corrected chi connectivity index (χ2v) is 7.50. The molecular weight excluding hydrogens is 304 g/mol. The molecule has 1 aliphatic carbocycles. The summed E-state index contributed by atoms with van der Waals surface area (Å²) in [5, 5.41) is 11.9. The lowest BCUT2D eigenvalue weighted by Crippen LogP contribution is -2.47. The molecule has 0 saturated heterocycles. The zero-order valence-corrected chi connectivity index (χ0v) is 13.0. The van der Waals surface area contributed by atoms with Crippen molar-refractivity contribution in [1.29, 1.82) is 0 Å². The van der Waals surface area contributed by atoms with Gasteiger partial charge < -0.3 is 15.2 Å². The average Bonchev–Trinajstić information content (AvgIpc) is 2.53. The highest BCUT2D eigenvalue weighted by molar-refractivity contribution is 7.91. The van der Waals surface area contributed by atoms with Crippen molar-refractivity contribution < 1.29 is 18.3 Å². The van der Waals surface area contributed by atoms with Crippen molar-refractivity contribution >= 4 is 16.0 Å². The number of aliphatic hydroxyl groups excluding tert-OH is 1. The minimum Gasteiger partial charge on any atom is -0.460 e. The molecule has 3 atom stereocenters. The molecule has 3 rings (SSSR count). The highest BCUT2D eigenvalue weighted by atomic mass is 32.2. The molecule has 120 valence electrons. The zero-order chi connectivity index (χ0) is 15.6. The number of aliphatic hydroxyl groups is 1. The molecule has 2 aliphatic rings. The summed E-state index contributed by atoms with van der Waals surface area (Å²) in [6.45, 7) is -0.180. The lowest BCUT2D eigenvalue weighted by molar-refractivity contribution is 0.128. The molecule has 22 heavy (non-hydrogen) atoms. The van der Waals surface area contributed by atoms with E-state index in [4.69, 9.17) is 4.74 Å². The third kappa shape index (κ3) is 3.10. The van der Waals surface area contributed by atoms with E-state index in [1.54, 1.807) is 0 Å². The normalized spacial score (nSPS) is 28.0. The van der Waals surface area contributed by atoms with Gasteiger partial charge in [-0.1, -0.05) is 36.8 Å². The molecule has 1 aliphatic heterocycles. The van der Waals surface area contributed by atoms with Crippen LogP contribution in [0.5, 0.6) is 0 Å². The monoisotopic (exact) mass is 324 g/mol. The summed E-state index contributed by atoms with van der Waals surface area (Å²) in [5.41, 5.74) is 0.847. The molecule has 0 bridgehead atoms. The van der Waals surface area contributed by atoms with Crippen molar-refractivity contribution in [1.82, 2.24) is 5.32 Å². The predicted molar refractivity (Wildman–Crippen MR) is 82.9 cm³/mol. The van der Waals surface area contributed by atoms with Crippen LogP contribution in [-0.2, 0) is 14.8 Å². The Morgan fingerprint density at radius 2 is 2.00 bits per heavy atom. The molecule has 2 N–H and O–H groups in total. The molecule has 1 saturated carbocycles. The van der Waals surface area contributed by atoms with Crippen molar-refractivity contribution in [2.75, 3.05) is 6.61 Å². The fourth-order valence-electron chi connectivity index (χ4n) is 3.02. The number of nitrogens with one attached hydrogen (secondary N) is 1. The van der Waals surface area contributed by atoms with Gasteiger partial charge in [-0.15, -0.1) is 4.40 Å². The summed E-state index contributed by atoms with van der Waals surface area (Å²) < 4.78 is 34.0. The van der Waals surface area contributed by atoms with Crippen LogP contribution in [0.3, 0.4) is 0 Å². The van der Waals surface area contributed by atoms with Crippen LogP contribution in [0, 0.1) is 0 Å². The van der Waals surface area contributed by atoms with E-state index in [0.717, 1.165) is 24.8 Å². The van der Waals surface area contributed by atoms with Gasteiger partial charge in [-0.3, -0.25) is 0 Å². The van der Waals surface area contributed by atoms with Crippen molar-refractivity contribution in [2.24, 2.45) is 4.40 Å². The van der Waals surface area contributed by atoms with Crippen LogP contribution in [0.2, 0.25) is 0 Å². The predicted octanol–water partition coefficient (Wildman–Crippen LogP) is 1.34. The van der Waals surface area contributed by atoms with E-state index >= 15 is 0 Å². The maximum Gasteiger partial charge on any atom is 0.301 e. The lowest BCUT2D eigenvalue weighted by atomic mass is 9.97. The molecule has 0 spiro atoms. The number of hydrogen-bond acceptors (Lipinski definition) is 5. The molecule has 0 radical (unpaired) electrons. The fourth-order valence-corrected chi connectivity index (χ4v) is 4.52. The van der Waals surface area contributed by atoms with Gasteiger partial charge in [0.15, 0.2) is 0 Å². The van der Waals surface area contributed by atoms with Crippen molar-refractivity contribution in [3.63, 3.8) is 0 Å². The van der Waals surface area contributed by atoms with E-state index in [-0.39, 0.29) is 18.7 Å². The Kier molecular flexibility index (Phi) is 4.35. The van der Waals surface area contributed by atoms with Crippen LogP contribution in [0.4, 0.5) is 0 Å². The third-order valence-electron chi connectivity index (χ3n) is 4.18. The molecule has 0 aromatic heterocycles. The number of fused-ring (bicyclic) bond motifs is 1. The van der Waals surface area contributed by atoms with Crippen LogP contribution in [0.15, 0.2) is 34.7 Å². The Morgan fingerprint density at radius 3 is 2.73 bits per heavy atom. The first-order chi connectivity index (χ1) is 10.6. The SMILES string of the molecule is O=S1(=O)N=C(N[C@@H](CO)c2ccccc2)OC2CCCCC21. The number of hydrogen-bond donors (Lipinski definition) is 2. The Balaban J connectivity index is 1.81. The van der Waals surface area contributed by atoms with Crippen LogP contribution >= 0.6 is 0 Å². The van der Waals surface area contributed by atoms with Crippen molar-refractivity contribution in [2.45, 2.75) is 43.1 Å². The average molecular weight is 324 g/mol. The van der Waals surface area contributed by atoms with Gasteiger partial charge >= 0.3 is 6.02 Å². The van der Waals surface area contributed by atoms with E-state index in [0.29, 0.717) is 6.42 Å². The summed E-state index contributed by atoms with van der Waals surface area (Å²) in [7, 11) is -3.55. The molecule has 0 amide bonds. The Labute approximate surface area is 130 Å². The standard InChI is InChI=1S/C15H20N2O4S/c18-10-12(11-6-2-1-3-7-11)16-15-17-22(19,20)14-9-5-4-8-13(14)21-15/h1-3,6-7,12-14,18H,4-5,8-10H2,(H,16,17)/t12-,13?,14?/m0/s1. The van der Waals surface area contributed by atoms with Gasteiger partial charge in [0.1, 0.15) is 11.4 Å². The molecule has 1 aromatic rings. The summed E-state index contributed by atoms with van der Waals surface area (Å²) in [6.07, 6.45) is 2.84. The molecule has 1 heterocycles. The maximum absolute atomic E-state index is 12.3. The van der Waals surface area contributed by atoms with Crippen molar-refractivity contribution in [3.05, 3.63) is 35.9 Å². The van der Waals surface area contributed by atoms with Gasteiger partial charge in [0, 0.05) is 0 Å². The van der Waals surface area contributed by atoms with E-state index in [1.807, 2.05) is 30.3 Å². The zero-order valence-electron chi connectivity index (χ0n) is 12.2. The Hall–Kier alpha value is -1.60. The van der Waals surface area contributed by atoms with Gasteiger partial charge in [0.25, 0.3) is 10.0 Å². The number of amidine groups is 1. The van der Waals surface area contributed by atoms with Gasteiger partial charge in [-0.05, 0) is 24.8 Å². The summed E-state index contributed by atoms with van der Waals surface area (Å²) in [4.78, 5) is 0. The number of sulfonamides is 1. The van der Waals surface area contributed by atoms with E-state index in [2.05, 4.69) is 9.71 Å². The number of benzene rings is 1. The molecular formula is C15H20N2O4S. The van der Waals surface area contributed by atoms with E-state index in [1.165, 1.54) is 0 Å². The van der Waals surface area contributed by atoms with E-state index in [9.17, 15) is 13.5 Å². The second-order valence-electron chi connectivity index (χ2n) is 5.68. The summed E-state index contributed by atoms with van der Waals surface area (Å²) in [6, 6.07) is 8.85. The molecule has 1 aromatic carbocycles. The first-order valence-corrected chi connectivity index (χ1v) is 9.03. The van der Waals surface area contributed by atoms with Gasteiger partial charge in [-0.2, -0.15) is 0 Å². The first kappa shape index (κ1) is 15.3. The Morgan fingerprint density at radius 1 is 1.27 bits per heavy atom. The van der Waals surface area contributed by atoms with Crippen LogP contribution < -0.4 is 5.32 Å². The van der Waals surface area contributed by atoms with Gasteiger partial charge in [0.05, 0.1) is 12.6 Å². The first-order valence-electron chi connectivity index (χ1n) is 7.53. The summed E-state index contributed by atoms with van der Waals surface area (Å²) in [5.74, 6) is 0. The fraction of sp³-hybridized carbons (Fsp3) is 0.533. The minimum absolute atomic E-state index is 0.00828. The number of rotatable bonds is 3. The van der Waals surface area contributed by atoms with Crippen LogP contribution in [0.1, 0.15) is 37.3 Å². The number of nitrogens with zero attached hydrogens (tertiary/aromatic N) is 1. The smallest absolute Gasteiger partial charge is 0.301 e. The second kappa shape index (κ2) is 6.26. The largest absolute Gasteiger partial charge is 0.460 e. The van der Waals surface area contributed by atoms with Crippen molar-refractivity contribution in [3.8, 4) is 0 Å². The highest BCUT2D eigenvalue weighted by Crippen LogP contribution is 2.31. The summed E-state index contributed by atoms with van der Waals surface area (Å²) >= 11 is 0. The van der Waals surface area contributed by atoms with Gasteiger partial charge in [0.2, 0.25) is 0 Å². The topological polar surface area (TPSA) is 88.0 Å². The van der Waals surface area contributed by atoms with Crippen LogP contribution in [-0.4, -0.2) is 37.5 Å². The molecule has 7 heteroatoms. The quantitative estimate of drug-likeness (QED) is 0.876. The minimum atomic E-state index is -3.55. The van der Waals surface area contributed by atoms with Gasteiger partial charge in [-0.25, -0.2) is 8.42 Å². The molecule has 6 nitrogen and oxygen atoms in total. The number of ether oxygens (including phenoxy) is 1. The highest BCUT2D eigenvalue weighted by Gasteiger charge is 2.41. The van der Waals surface area contributed by atoms with Crippen LogP contribution in [0.25, 0.3) is 0 Å². The van der Waals surface area contributed by atoms with E-state index < -0.39 is 21.3 Å².